The third-order valence-electron chi connectivity index (χ3n) is 6.46. The predicted octanol–water partition coefficient (Wildman–Crippen LogP) is 6.31. The standard InChI is InChI=1S/C26H25N2O/c1-17-14-20(19-8-4-3-5-9-19)25-21-15-18(16-27)11-12-23(21)29-26(25)24(17)22-10-6-7-13-28(22)2/h6-7,10-15,19H,3-5,8-9H2,1-2H3/q+1. The fraction of sp³-hybridized carbons (Fsp3) is 0.308. The monoisotopic (exact) mass is 381 g/mol. The van der Waals surface area contributed by atoms with E-state index in [1.807, 2.05) is 24.3 Å². The Bertz CT molecular complexity index is 1270. The number of benzene rings is 2. The molecule has 0 spiro atoms. The van der Waals surface area contributed by atoms with E-state index in [4.69, 9.17) is 4.42 Å². The summed E-state index contributed by atoms with van der Waals surface area (Å²) in [5.41, 5.74) is 7.44. The zero-order valence-electron chi connectivity index (χ0n) is 17.0. The van der Waals surface area contributed by atoms with Gasteiger partial charge in [0.25, 0.3) is 0 Å². The molecule has 0 bridgehead atoms. The summed E-state index contributed by atoms with van der Waals surface area (Å²) in [6.45, 7) is 2.20. The highest BCUT2D eigenvalue weighted by Crippen LogP contribution is 2.44. The molecule has 0 aliphatic heterocycles. The first-order valence-corrected chi connectivity index (χ1v) is 10.5. The van der Waals surface area contributed by atoms with Crippen molar-refractivity contribution in [2.75, 3.05) is 0 Å². The van der Waals surface area contributed by atoms with Crippen LogP contribution < -0.4 is 4.57 Å². The van der Waals surface area contributed by atoms with Crippen LogP contribution in [0.2, 0.25) is 0 Å². The Morgan fingerprint density at radius 1 is 1.07 bits per heavy atom. The third-order valence-corrected chi connectivity index (χ3v) is 6.46. The van der Waals surface area contributed by atoms with Gasteiger partial charge in [-0.1, -0.05) is 25.3 Å². The summed E-state index contributed by atoms with van der Waals surface area (Å²) in [7, 11) is 2.08. The van der Waals surface area contributed by atoms with Crippen molar-refractivity contribution in [2.45, 2.75) is 44.9 Å². The molecule has 3 heteroatoms. The van der Waals surface area contributed by atoms with Crippen LogP contribution in [0.3, 0.4) is 0 Å². The number of rotatable bonds is 2. The van der Waals surface area contributed by atoms with Crippen molar-refractivity contribution >= 4 is 21.9 Å². The van der Waals surface area contributed by atoms with Gasteiger partial charge in [0.2, 0.25) is 5.69 Å². The van der Waals surface area contributed by atoms with Crippen molar-refractivity contribution in [3.63, 3.8) is 0 Å². The summed E-state index contributed by atoms with van der Waals surface area (Å²) < 4.78 is 8.63. The number of aryl methyl sites for hydroxylation is 2. The van der Waals surface area contributed by atoms with Gasteiger partial charge in [0, 0.05) is 22.9 Å². The predicted molar refractivity (Wildman–Crippen MR) is 116 cm³/mol. The van der Waals surface area contributed by atoms with Crippen LogP contribution in [-0.4, -0.2) is 0 Å². The molecule has 2 aromatic heterocycles. The van der Waals surface area contributed by atoms with Crippen molar-refractivity contribution in [1.82, 2.24) is 0 Å². The van der Waals surface area contributed by atoms with Gasteiger partial charge in [-0.3, -0.25) is 0 Å². The molecule has 4 aromatic rings. The number of nitriles is 1. The smallest absolute Gasteiger partial charge is 0.216 e. The molecular formula is C26H25N2O+. The minimum atomic E-state index is 0.565. The quantitative estimate of drug-likeness (QED) is 0.382. The number of furan rings is 1. The molecule has 0 atom stereocenters. The number of fused-ring (bicyclic) bond motifs is 3. The molecule has 2 aromatic carbocycles. The van der Waals surface area contributed by atoms with Crippen molar-refractivity contribution in [3.05, 3.63) is 65.4 Å². The summed E-state index contributed by atoms with van der Waals surface area (Å²) in [5.74, 6) is 0.565. The highest BCUT2D eigenvalue weighted by atomic mass is 16.3. The van der Waals surface area contributed by atoms with Gasteiger partial charge in [-0.15, -0.1) is 0 Å². The van der Waals surface area contributed by atoms with E-state index in [-0.39, 0.29) is 0 Å². The molecule has 0 unspecified atom stereocenters. The van der Waals surface area contributed by atoms with Gasteiger partial charge in [0.05, 0.1) is 17.2 Å². The SMILES string of the molecule is Cc1cc(C2CCCCC2)c2c(oc3ccc(C#N)cc32)c1-c1cccc[n+]1C. The second-order valence-corrected chi connectivity index (χ2v) is 8.32. The molecule has 3 nitrogen and oxygen atoms in total. The lowest BCUT2D eigenvalue weighted by Gasteiger charge is -2.23. The van der Waals surface area contributed by atoms with Crippen LogP contribution in [0.5, 0.6) is 0 Å². The Morgan fingerprint density at radius 3 is 2.66 bits per heavy atom. The largest absolute Gasteiger partial charge is 0.455 e. The molecule has 1 aliphatic rings. The summed E-state index contributed by atoms with van der Waals surface area (Å²) in [6, 6.07) is 16.7. The zero-order valence-corrected chi connectivity index (χ0v) is 17.0. The summed E-state index contributed by atoms with van der Waals surface area (Å²) >= 11 is 0. The van der Waals surface area contributed by atoms with E-state index < -0.39 is 0 Å². The van der Waals surface area contributed by atoms with E-state index in [1.165, 1.54) is 48.6 Å². The van der Waals surface area contributed by atoms with E-state index in [0.29, 0.717) is 11.5 Å². The fourth-order valence-electron chi connectivity index (χ4n) is 5.02. The molecular weight excluding hydrogens is 356 g/mol. The maximum Gasteiger partial charge on any atom is 0.216 e. The lowest BCUT2D eigenvalue weighted by atomic mass is 9.80. The van der Waals surface area contributed by atoms with Crippen LogP contribution in [0.4, 0.5) is 0 Å². The first kappa shape index (κ1) is 17.9. The summed E-state index contributed by atoms with van der Waals surface area (Å²) in [6.07, 6.45) is 8.46. The van der Waals surface area contributed by atoms with Gasteiger partial charge in [-0.25, -0.2) is 4.57 Å². The van der Waals surface area contributed by atoms with Crippen molar-refractivity contribution in [3.8, 4) is 17.3 Å². The molecule has 1 saturated carbocycles. The van der Waals surface area contributed by atoms with Gasteiger partial charge in [-0.05, 0) is 61.1 Å². The Labute approximate surface area is 171 Å². The minimum Gasteiger partial charge on any atom is -0.455 e. The van der Waals surface area contributed by atoms with Gasteiger partial charge >= 0.3 is 0 Å². The molecule has 5 rings (SSSR count). The molecule has 29 heavy (non-hydrogen) atoms. The van der Waals surface area contributed by atoms with Crippen LogP contribution in [-0.2, 0) is 7.05 Å². The third kappa shape index (κ3) is 2.91. The first-order chi connectivity index (χ1) is 14.2. The molecule has 0 radical (unpaired) electrons. The van der Waals surface area contributed by atoms with Crippen molar-refractivity contribution in [1.29, 1.82) is 5.26 Å². The lowest BCUT2D eigenvalue weighted by Crippen LogP contribution is -2.30. The van der Waals surface area contributed by atoms with Gasteiger partial charge < -0.3 is 4.42 Å². The maximum atomic E-state index is 9.45. The van der Waals surface area contributed by atoms with Gasteiger partial charge in [0.15, 0.2) is 6.20 Å². The number of aromatic nitrogens is 1. The average Bonchev–Trinajstić information content (AvgIpc) is 3.13. The van der Waals surface area contributed by atoms with Crippen LogP contribution >= 0.6 is 0 Å². The average molecular weight is 381 g/mol. The molecule has 1 fully saturated rings. The topological polar surface area (TPSA) is 40.8 Å². The van der Waals surface area contributed by atoms with E-state index in [2.05, 4.69) is 49.0 Å². The number of pyridine rings is 1. The molecule has 0 amide bonds. The normalized spacial score (nSPS) is 15.1. The summed E-state index contributed by atoms with van der Waals surface area (Å²) in [4.78, 5) is 0. The van der Waals surface area contributed by atoms with Crippen molar-refractivity contribution in [2.24, 2.45) is 7.05 Å². The van der Waals surface area contributed by atoms with Gasteiger partial charge in [0.1, 0.15) is 18.2 Å². The number of nitrogens with zero attached hydrogens (tertiary/aromatic N) is 2. The Kier molecular flexibility index (Phi) is 4.36. The second-order valence-electron chi connectivity index (χ2n) is 8.32. The number of hydrogen-bond acceptors (Lipinski definition) is 2. The van der Waals surface area contributed by atoms with Crippen LogP contribution in [0.1, 0.15) is 54.7 Å². The summed E-state index contributed by atoms with van der Waals surface area (Å²) in [5, 5.41) is 11.7. The highest BCUT2D eigenvalue weighted by Gasteiger charge is 2.26. The molecule has 0 saturated heterocycles. The van der Waals surface area contributed by atoms with Crippen LogP contribution in [0.15, 0.2) is 53.1 Å². The zero-order chi connectivity index (χ0) is 20.0. The van der Waals surface area contributed by atoms with Crippen molar-refractivity contribution < 1.29 is 8.98 Å². The molecule has 2 heterocycles. The van der Waals surface area contributed by atoms with E-state index in [9.17, 15) is 5.26 Å². The fourth-order valence-corrected chi connectivity index (χ4v) is 5.02. The van der Waals surface area contributed by atoms with Crippen LogP contribution in [0.25, 0.3) is 33.2 Å². The Balaban J connectivity index is 1.90. The number of hydrogen-bond donors (Lipinski definition) is 0. The van der Waals surface area contributed by atoms with E-state index in [0.717, 1.165) is 27.8 Å². The molecule has 144 valence electrons. The molecule has 0 N–H and O–H groups in total. The minimum absolute atomic E-state index is 0.565. The van der Waals surface area contributed by atoms with E-state index in [1.54, 1.807) is 0 Å². The molecule has 1 aliphatic carbocycles. The second kappa shape index (κ2) is 7.04. The highest BCUT2D eigenvalue weighted by molar-refractivity contribution is 6.12. The Morgan fingerprint density at radius 2 is 1.90 bits per heavy atom. The maximum absolute atomic E-state index is 9.45. The van der Waals surface area contributed by atoms with E-state index >= 15 is 0 Å². The lowest BCUT2D eigenvalue weighted by molar-refractivity contribution is -0.660. The Hall–Kier alpha value is -3.12. The first-order valence-electron chi connectivity index (χ1n) is 10.5. The van der Waals surface area contributed by atoms with Crippen LogP contribution in [0, 0.1) is 18.3 Å². The van der Waals surface area contributed by atoms with Gasteiger partial charge in [-0.2, -0.15) is 5.26 Å².